The number of carbonyl (C=O) groups excluding carboxylic acids is 2. The highest BCUT2D eigenvalue weighted by atomic mass is 35.5. The zero-order chi connectivity index (χ0) is 28.2. The lowest BCUT2D eigenvalue weighted by Crippen LogP contribution is -2.38. The number of benzene rings is 2. The van der Waals surface area contributed by atoms with Crippen LogP contribution in [0, 0.1) is 0 Å². The van der Waals surface area contributed by atoms with Gasteiger partial charge < -0.3 is 9.47 Å². The second-order valence-electron chi connectivity index (χ2n) is 9.26. The molecule has 0 saturated heterocycles. The third-order valence-electron chi connectivity index (χ3n) is 6.86. The van der Waals surface area contributed by atoms with E-state index in [-0.39, 0.29) is 24.3 Å². The molecule has 7 heteroatoms. The molecule has 0 fully saturated rings. The minimum Gasteiger partial charge on any atom is -0.464 e. The van der Waals surface area contributed by atoms with Crippen molar-refractivity contribution in [3.8, 4) is 0 Å². The van der Waals surface area contributed by atoms with Gasteiger partial charge in [0, 0.05) is 12.1 Å². The fraction of sp³-hybridized carbons (Fsp3) is 0.562. The number of ether oxygens (including phenoxy) is 2. The summed E-state index contributed by atoms with van der Waals surface area (Å²) in [7, 11) is 0. The van der Waals surface area contributed by atoms with Crippen molar-refractivity contribution in [2.24, 2.45) is 0 Å². The summed E-state index contributed by atoms with van der Waals surface area (Å²) in [4.78, 5) is 28.2. The number of esters is 2. The quantitative estimate of drug-likeness (QED) is 0.227. The molecule has 0 aliphatic carbocycles. The van der Waals surface area contributed by atoms with E-state index in [1.54, 1.807) is 0 Å². The van der Waals surface area contributed by atoms with Gasteiger partial charge in [0.25, 0.3) is 0 Å². The molecule has 220 valence electrons. The van der Waals surface area contributed by atoms with E-state index in [1.807, 2.05) is 60.7 Å². The number of likely N-dealkylation sites (N-methyl/N-ethyl adjacent to an activating group) is 2. The zero-order valence-corrected chi connectivity index (χ0v) is 25.8. The van der Waals surface area contributed by atoms with Crippen molar-refractivity contribution in [1.29, 1.82) is 0 Å². The summed E-state index contributed by atoms with van der Waals surface area (Å²) in [5.41, 5.74) is 2.01. The Bertz CT molecular complexity index is 801. The van der Waals surface area contributed by atoms with Gasteiger partial charge in [0.05, 0.1) is 12.8 Å². The number of carbonyl (C=O) groups is 2. The molecule has 0 aliphatic heterocycles. The first kappa shape index (κ1) is 36.6. The first-order valence-corrected chi connectivity index (χ1v) is 14.3. The molecule has 0 N–H and O–H groups in total. The molecular formula is C32H51ClN2O4. The van der Waals surface area contributed by atoms with Gasteiger partial charge in [-0.1, -0.05) is 102 Å². The van der Waals surface area contributed by atoms with Gasteiger partial charge in [0.2, 0.25) is 0 Å². The van der Waals surface area contributed by atoms with E-state index in [9.17, 15) is 9.59 Å². The molecular weight excluding hydrogens is 512 g/mol. The highest BCUT2D eigenvalue weighted by molar-refractivity contribution is 5.85. The monoisotopic (exact) mass is 562 g/mol. The zero-order valence-electron chi connectivity index (χ0n) is 24.9. The highest BCUT2D eigenvalue weighted by Crippen LogP contribution is 2.08. The number of rotatable bonds is 16. The Balaban J connectivity index is 0.000000722. The van der Waals surface area contributed by atoms with Gasteiger partial charge in [-0.3, -0.25) is 19.4 Å². The lowest BCUT2D eigenvalue weighted by Gasteiger charge is -2.28. The SMILES string of the molecule is CCC(COC(=O)Cc1ccccc1)N(CC)CC.CCC(COC(=O)Cc1ccccc1)N(CC)CC.Cl. The van der Waals surface area contributed by atoms with Gasteiger partial charge in [-0.05, 0) is 50.1 Å². The van der Waals surface area contributed by atoms with Crippen LogP contribution in [0.3, 0.4) is 0 Å². The molecule has 2 aromatic carbocycles. The standard InChI is InChI=1S/2C16H25NO2.ClH/c2*1-4-15(17(5-2)6-3)13-19-16(18)12-14-10-8-7-9-11-14;/h2*7-11,15H,4-6,12-13H2,1-3H3;1H. The predicted molar refractivity (Wildman–Crippen MR) is 163 cm³/mol. The molecule has 0 bridgehead atoms. The first-order chi connectivity index (χ1) is 18.4. The molecule has 0 amide bonds. The fourth-order valence-corrected chi connectivity index (χ4v) is 4.45. The predicted octanol–water partition coefficient (Wildman–Crippen LogP) is 6.21. The minimum atomic E-state index is -0.142. The topological polar surface area (TPSA) is 59.1 Å². The molecule has 0 saturated carbocycles. The summed E-state index contributed by atoms with van der Waals surface area (Å²) in [6.45, 7) is 17.8. The maximum atomic E-state index is 11.8. The number of hydrogen-bond donors (Lipinski definition) is 0. The van der Waals surface area contributed by atoms with Crippen LogP contribution in [0.1, 0.15) is 65.5 Å². The Hall–Kier alpha value is -2.41. The van der Waals surface area contributed by atoms with Gasteiger partial charge in [-0.2, -0.15) is 0 Å². The van der Waals surface area contributed by atoms with Crippen LogP contribution in [0.5, 0.6) is 0 Å². The molecule has 39 heavy (non-hydrogen) atoms. The van der Waals surface area contributed by atoms with Gasteiger partial charge in [0.15, 0.2) is 0 Å². The van der Waals surface area contributed by atoms with E-state index in [0.717, 1.165) is 50.1 Å². The second-order valence-corrected chi connectivity index (χ2v) is 9.26. The lowest BCUT2D eigenvalue weighted by atomic mass is 10.1. The Morgan fingerprint density at radius 1 is 0.590 bits per heavy atom. The average molecular weight is 563 g/mol. The van der Waals surface area contributed by atoms with Gasteiger partial charge in [-0.15, -0.1) is 12.4 Å². The molecule has 0 spiro atoms. The molecule has 2 aromatic rings. The van der Waals surface area contributed by atoms with Crippen molar-refractivity contribution in [3.63, 3.8) is 0 Å². The third kappa shape index (κ3) is 15.1. The van der Waals surface area contributed by atoms with Crippen LogP contribution < -0.4 is 0 Å². The fourth-order valence-electron chi connectivity index (χ4n) is 4.45. The molecule has 0 radical (unpaired) electrons. The Labute approximate surface area is 243 Å². The normalized spacial score (nSPS) is 12.1. The molecule has 2 atom stereocenters. The van der Waals surface area contributed by atoms with Crippen molar-refractivity contribution in [3.05, 3.63) is 71.8 Å². The molecule has 2 unspecified atom stereocenters. The van der Waals surface area contributed by atoms with Crippen LogP contribution in [0.25, 0.3) is 0 Å². The highest BCUT2D eigenvalue weighted by Gasteiger charge is 2.17. The van der Waals surface area contributed by atoms with Crippen molar-refractivity contribution in [2.75, 3.05) is 39.4 Å². The average Bonchev–Trinajstić information content (AvgIpc) is 2.94. The summed E-state index contributed by atoms with van der Waals surface area (Å²) < 4.78 is 10.8. The maximum Gasteiger partial charge on any atom is 0.310 e. The van der Waals surface area contributed by atoms with E-state index in [4.69, 9.17) is 9.47 Å². The number of halogens is 1. The Morgan fingerprint density at radius 2 is 0.897 bits per heavy atom. The van der Waals surface area contributed by atoms with E-state index >= 15 is 0 Å². The molecule has 6 nitrogen and oxygen atoms in total. The number of hydrogen-bond acceptors (Lipinski definition) is 6. The summed E-state index contributed by atoms with van der Waals surface area (Å²) in [5, 5.41) is 0. The van der Waals surface area contributed by atoms with E-state index in [1.165, 1.54) is 0 Å². The molecule has 0 heterocycles. The van der Waals surface area contributed by atoms with Gasteiger partial charge >= 0.3 is 11.9 Å². The van der Waals surface area contributed by atoms with Crippen LogP contribution in [0.4, 0.5) is 0 Å². The van der Waals surface area contributed by atoms with E-state index in [0.29, 0.717) is 38.1 Å². The summed E-state index contributed by atoms with van der Waals surface area (Å²) in [6.07, 6.45) is 2.71. The summed E-state index contributed by atoms with van der Waals surface area (Å²) in [6, 6.07) is 20.1. The van der Waals surface area contributed by atoms with Crippen LogP contribution in [-0.2, 0) is 31.9 Å². The molecule has 0 aliphatic rings. The Kier molecular flexibility index (Phi) is 21.0. The lowest BCUT2D eigenvalue weighted by molar-refractivity contribution is -0.145. The smallest absolute Gasteiger partial charge is 0.310 e. The van der Waals surface area contributed by atoms with Crippen LogP contribution in [0.15, 0.2) is 60.7 Å². The molecule has 0 aromatic heterocycles. The van der Waals surface area contributed by atoms with Crippen molar-refractivity contribution in [1.82, 2.24) is 9.80 Å². The van der Waals surface area contributed by atoms with Crippen LogP contribution >= 0.6 is 12.4 Å². The van der Waals surface area contributed by atoms with Crippen LogP contribution in [-0.4, -0.2) is 73.2 Å². The van der Waals surface area contributed by atoms with Crippen molar-refractivity contribution < 1.29 is 19.1 Å². The summed E-state index contributed by atoms with van der Waals surface area (Å²) in [5.74, 6) is -0.284. The van der Waals surface area contributed by atoms with E-state index in [2.05, 4.69) is 51.3 Å². The maximum absolute atomic E-state index is 11.8. The van der Waals surface area contributed by atoms with Gasteiger partial charge in [0.1, 0.15) is 13.2 Å². The van der Waals surface area contributed by atoms with Crippen molar-refractivity contribution in [2.45, 2.75) is 79.3 Å². The third-order valence-corrected chi connectivity index (χ3v) is 6.86. The van der Waals surface area contributed by atoms with Crippen LogP contribution in [0.2, 0.25) is 0 Å². The second kappa shape index (κ2) is 22.4. The Morgan fingerprint density at radius 3 is 1.15 bits per heavy atom. The summed E-state index contributed by atoms with van der Waals surface area (Å²) >= 11 is 0. The molecule has 2 rings (SSSR count). The first-order valence-electron chi connectivity index (χ1n) is 14.3. The largest absolute Gasteiger partial charge is 0.464 e. The van der Waals surface area contributed by atoms with Gasteiger partial charge in [-0.25, -0.2) is 0 Å². The van der Waals surface area contributed by atoms with E-state index < -0.39 is 0 Å². The minimum absolute atomic E-state index is 0. The van der Waals surface area contributed by atoms with Crippen molar-refractivity contribution >= 4 is 24.3 Å². The number of nitrogens with zero attached hydrogens (tertiary/aromatic N) is 2.